The molecule has 2 atom stereocenters. The van der Waals surface area contributed by atoms with Crippen LogP contribution in [0.5, 0.6) is 5.75 Å². The Morgan fingerprint density at radius 1 is 1.50 bits per heavy atom. The van der Waals surface area contributed by atoms with Gasteiger partial charge in [0.2, 0.25) is 0 Å². The van der Waals surface area contributed by atoms with Gasteiger partial charge < -0.3 is 9.84 Å². The van der Waals surface area contributed by atoms with E-state index in [9.17, 15) is 4.79 Å². The molecule has 1 fully saturated rings. The standard InChI is InChI=1S/C14H17BrO3/c1-18-13-6-5-9(8-12(13)15)7-10-3-2-4-11(10)14(16)17/h5-6,8,10-11H,2-4,7H2,1H3,(H,16,17). The Morgan fingerprint density at radius 3 is 2.89 bits per heavy atom. The summed E-state index contributed by atoms with van der Waals surface area (Å²) in [7, 11) is 1.64. The van der Waals surface area contributed by atoms with Crippen LogP contribution in [-0.2, 0) is 11.2 Å². The van der Waals surface area contributed by atoms with Crippen molar-refractivity contribution >= 4 is 21.9 Å². The van der Waals surface area contributed by atoms with Gasteiger partial charge in [-0.2, -0.15) is 0 Å². The van der Waals surface area contributed by atoms with E-state index >= 15 is 0 Å². The van der Waals surface area contributed by atoms with Crippen molar-refractivity contribution in [3.05, 3.63) is 28.2 Å². The van der Waals surface area contributed by atoms with Crippen molar-refractivity contribution in [2.45, 2.75) is 25.7 Å². The molecule has 1 aromatic carbocycles. The fourth-order valence-electron chi connectivity index (χ4n) is 2.75. The third kappa shape index (κ3) is 2.86. The lowest BCUT2D eigenvalue weighted by atomic mass is 9.90. The molecule has 4 heteroatoms. The minimum Gasteiger partial charge on any atom is -0.496 e. The molecule has 0 aliphatic heterocycles. The van der Waals surface area contributed by atoms with E-state index in [1.807, 2.05) is 18.2 Å². The summed E-state index contributed by atoms with van der Waals surface area (Å²) in [5.74, 6) is 0.249. The van der Waals surface area contributed by atoms with Crippen LogP contribution in [0.25, 0.3) is 0 Å². The van der Waals surface area contributed by atoms with Crippen LogP contribution in [0.3, 0.4) is 0 Å². The summed E-state index contributed by atoms with van der Waals surface area (Å²) >= 11 is 3.46. The highest BCUT2D eigenvalue weighted by Gasteiger charge is 2.32. The van der Waals surface area contributed by atoms with Gasteiger partial charge in [-0.1, -0.05) is 12.5 Å². The van der Waals surface area contributed by atoms with Gasteiger partial charge in [0.1, 0.15) is 5.75 Å². The highest BCUT2D eigenvalue weighted by Crippen LogP contribution is 2.35. The Morgan fingerprint density at radius 2 is 2.28 bits per heavy atom. The first-order valence-electron chi connectivity index (χ1n) is 6.17. The number of halogens is 1. The summed E-state index contributed by atoms with van der Waals surface area (Å²) < 4.78 is 6.11. The molecule has 0 amide bonds. The molecule has 1 aliphatic rings. The third-order valence-corrected chi connectivity index (χ3v) is 4.31. The number of aliphatic carboxylic acids is 1. The van der Waals surface area contributed by atoms with Gasteiger partial charge in [0.05, 0.1) is 17.5 Å². The number of rotatable bonds is 4. The molecule has 0 radical (unpaired) electrons. The number of hydrogen-bond donors (Lipinski definition) is 1. The molecule has 0 saturated heterocycles. The van der Waals surface area contributed by atoms with Gasteiger partial charge in [0.25, 0.3) is 0 Å². The topological polar surface area (TPSA) is 46.5 Å². The smallest absolute Gasteiger partial charge is 0.306 e. The van der Waals surface area contributed by atoms with Crippen molar-refractivity contribution in [1.29, 1.82) is 0 Å². The van der Waals surface area contributed by atoms with Crippen LogP contribution < -0.4 is 4.74 Å². The van der Waals surface area contributed by atoms with Crippen molar-refractivity contribution in [2.75, 3.05) is 7.11 Å². The molecule has 0 aromatic heterocycles. The highest BCUT2D eigenvalue weighted by atomic mass is 79.9. The van der Waals surface area contributed by atoms with Gasteiger partial charge in [-0.15, -0.1) is 0 Å². The fourth-order valence-corrected chi connectivity index (χ4v) is 3.33. The Labute approximate surface area is 115 Å². The molecular weight excluding hydrogens is 296 g/mol. The van der Waals surface area contributed by atoms with Gasteiger partial charge in [-0.25, -0.2) is 0 Å². The maximum absolute atomic E-state index is 11.1. The summed E-state index contributed by atoms with van der Waals surface area (Å²) in [6.07, 6.45) is 3.69. The fraction of sp³-hybridized carbons (Fsp3) is 0.500. The minimum atomic E-state index is -0.648. The predicted octanol–water partition coefficient (Wildman–Crippen LogP) is 3.50. The average molecular weight is 313 g/mol. The Balaban J connectivity index is 2.09. The van der Waals surface area contributed by atoms with Gasteiger partial charge in [-0.05, 0) is 58.8 Å². The molecule has 1 aromatic rings. The number of hydrogen-bond acceptors (Lipinski definition) is 2. The number of carboxylic acids is 1. The van der Waals surface area contributed by atoms with Crippen LogP contribution in [-0.4, -0.2) is 18.2 Å². The number of carboxylic acid groups (broad SMARTS) is 1. The zero-order valence-corrected chi connectivity index (χ0v) is 11.9. The molecule has 1 saturated carbocycles. The molecule has 0 bridgehead atoms. The first kappa shape index (κ1) is 13.4. The zero-order chi connectivity index (χ0) is 13.1. The molecule has 2 unspecified atom stereocenters. The molecule has 2 rings (SSSR count). The zero-order valence-electron chi connectivity index (χ0n) is 10.4. The molecule has 1 aliphatic carbocycles. The maximum atomic E-state index is 11.1. The molecule has 18 heavy (non-hydrogen) atoms. The maximum Gasteiger partial charge on any atom is 0.306 e. The van der Waals surface area contributed by atoms with Gasteiger partial charge >= 0.3 is 5.97 Å². The number of methoxy groups -OCH3 is 1. The predicted molar refractivity (Wildman–Crippen MR) is 72.9 cm³/mol. The van der Waals surface area contributed by atoms with E-state index in [0.29, 0.717) is 0 Å². The van der Waals surface area contributed by atoms with Crippen LogP contribution in [0, 0.1) is 11.8 Å². The average Bonchev–Trinajstić information content (AvgIpc) is 2.77. The van der Waals surface area contributed by atoms with E-state index < -0.39 is 5.97 Å². The van der Waals surface area contributed by atoms with E-state index in [0.717, 1.165) is 35.9 Å². The molecule has 0 heterocycles. The van der Waals surface area contributed by atoms with Crippen LogP contribution in [0.4, 0.5) is 0 Å². The second kappa shape index (κ2) is 5.74. The van der Waals surface area contributed by atoms with E-state index in [1.54, 1.807) is 7.11 Å². The second-order valence-electron chi connectivity index (χ2n) is 4.81. The summed E-state index contributed by atoms with van der Waals surface area (Å²) in [5.41, 5.74) is 1.17. The quantitative estimate of drug-likeness (QED) is 0.925. The highest BCUT2D eigenvalue weighted by molar-refractivity contribution is 9.10. The Hall–Kier alpha value is -1.03. The molecular formula is C14H17BrO3. The van der Waals surface area contributed by atoms with Crippen LogP contribution in [0.1, 0.15) is 24.8 Å². The van der Waals surface area contributed by atoms with Crippen molar-refractivity contribution < 1.29 is 14.6 Å². The van der Waals surface area contributed by atoms with E-state index in [1.165, 1.54) is 5.56 Å². The lowest BCUT2D eigenvalue weighted by Crippen LogP contribution is -2.19. The van der Waals surface area contributed by atoms with Gasteiger partial charge in [0, 0.05) is 0 Å². The SMILES string of the molecule is COc1ccc(CC2CCCC2C(=O)O)cc1Br. The molecule has 0 spiro atoms. The molecule has 98 valence electrons. The van der Waals surface area contributed by atoms with Crippen molar-refractivity contribution in [3.8, 4) is 5.75 Å². The Bertz CT molecular complexity index is 445. The van der Waals surface area contributed by atoms with Gasteiger partial charge in [-0.3, -0.25) is 4.79 Å². The second-order valence-corrected chi connectivity index (χ2v) is 5.66. The normalized spacial score (nSPS) is 23.0. The monoisotopic (exact) mass is 312 g/mol. The summed E-state index contributed by atoms with van der Waals surface area (Å²) in [4.78, 5) is 11.1. The molecule has 3 nitrogen and oxygen atoms in total. The van der Waals surface area contributed by atoms with E-state index in [2.05, 4.69) is 15.9 Å². The first-order valence-corrected chi connectivity index (χ1v) is 6.96. The lowest BCUT2D eigenvalue weighted by molar-refractivity contribution is -0.142. The van der Waals surface area contributed by atoms with Crippen LogP contribution >= 0.6 is 15.9 Å². The van der Waals surface area contributed by atoms with Crippen LogP contribution in [0.2, 0.25) is 0 Å². The van der Waals surface area contributed by atoms with E-state index in [-0.39, 0.29) is 11.8 Å². The first-order chi connectivity index (χ1) is 8.61. The van der Waals surface area contributed by atoms with Crippen molar-refractivity contribution in [1.82, 2.24) is 0 Å². The number of ether oxygens (including phenoxy) is 1. The summed E-state index contributed by atoms with van der Waals surface area (Å²) in [6, 6.07) is 5.96. The lowest BCUT2D eigenvalue weighted by Gasteiger charge is -2.16. The van der Waals surface area contributed by atoms with Gasteiger partial charge in [0.15, 0.2) is 0 Å². The number of carbonyl (C=O) groups is 1. The van der Waals surface area contributed by atoms with Crippen molar-refractivity contribution in [3.63, 3.8) is 0 Å². The van der Waals surface area contributed by atoms with E-state index in [4.69, 9.17) is 9.84 Å². The van der Waals surface area contributed by atoms with Crippen molar-refractivity contribution in [2.24, 2.45) is 11.8 Å². The van der Waals surface area contributed by atoms with Crippen LogP contribution in [0.15, 0.2) is 22.7 Å². The largest absolute Gasteiger partial charge is 0.496 e. The third-order valence-electron chi connectivity index (χ3n) is 3.69. The summed E-state index contributed by atoms with van der Waals surface area (Å²) in [6.45, 7) is 0. The summed E-state index contributed by atoms with van der Waals surface area (Å²) in [5, 5.41) is 9.17. The number of benzene rings is 1. The minimum absolute atomic E-state index is 0.175. The molecule has 1 N–H and O–H groups in total. The Kier molecular flexibility index (Phi) is 4.27.